The van der Waals surface area contributed by atoms with Gasteiger partial charge in [0, 0.05) is 32.1 Å². The Morgan fingerprint density at radius 3 is 2.74 bits per heavy atom. The van der Waals surface area contributed by atoms with Crippen molar-refractivity contribution in [3.63, 3.8) is 0 Å². The predicted molar refractivity (Wildman–Crippen MR) is 136 cm³/mol. The van der Waals surface area contributed by atoms with E-state index in [0.717, 1.165) is 27.8 Å². The first-order valence-corrected chi connectivity index (χ1v) is 11.8. The number of halogens is 1. The molecule has 0 aliphatic carbocycles. The predicted octanol–water partition coefficient (Wildman–Crippen LogP) is 4.89. The molecule has 5 rings (SSSR count). The summed E-state index contributed by atoms with van der Waals surface area (Å²) in [6.45, 7) is 4.49. The number of nitrogens with zero attached hydrogens (tertiary/aromatic N) is 1. The highest BCUT2D eigenvalue weighted by molar-refractivity contribution is 6.36. The molecule has 1 aliphatic rings. The van der Waals surface area contributed by atoms with E-state index in [1.807, 2.05) is 54.6 Å². The lowest BCUT2D eigenvalue weighted by atomic mass is 10.0. The number of carbonyl (C=O) groups is 1. The van der Waals surface area contributed by atoms with Crippen LogP contribution in [-0.2, 0) is 11.3 Å². The fraction of sp³-hybridized carbons (Fsp3) is 0.231. The van der Waals surface area contributed by atoms with Gasteiger partial charge in [0.2, 0.25) is 5.91 Å². The first-order chi connectivity index (χ1) is 17.1. The normalized spacial score (nSPS) is 12.5. The molecule has 0 atom stereocenters. The van der Waals surface area contributed by atoms with Crippen LogP contribution >= 0.6 is 11.6 Å². The average molecular weight is 493 g/mol. The molecule has 180 valence electrons. The van der Waals surface area contributed by atoms with E-state index in [2.05, 4.69) is 21.1 Å². The smallest absolute Gasteiger partial charge is 0.216 e. The third-order valence-corrected chi connectivity index (χ3v) is 6.05. The molecule has 0 radical (unpaired) electrons. The minimum atomic E-state index is -0.0369. The number of ether oxygens (including phenoxy) is 2. The number of amides is 1. The molecule has 9 heteroatoms. The van der Waals surface area contributed by atoms with Crippen LogP contribution in [0.15, 0.2) is 59.1 Å². The van der Waals surface area contributed by atoms with Gasteiger partial charge in [-0.15, -0.1) is 0 Å². The quantitative estimate of drug-likeness (QED) is 0.301. The summed E-state index contributed by atoms with van der Waals surface area (Å²) in [5.41, 5.74) is 4.26. The van der Waals surface area contributed by atoms with Gasteiger partial charge in [0.25, 0.3) is 0 Å². The van der Waals surface area contributed by atoms with Crippen LogP contribution < -0.4 is 25.4 Å². The Labute approximate surface area is 207 Å². The van der Waals surface area contributed by atoms with Gasteiger partial charge >= 0.3 is 0 Å². The molecule has 8 nitrogen and oxygen atoms in total. The largest absolute Gasteiger partial charge is 0.486 e. The molecule has 2 heterocycles. The van der Waals surface area contributed by atoms with Crippen LogP contribution in [0.4, 0.5) is 11.5 Å². The summed E-state index contributed by atoms with van der Waals surface area (Å²) in [4.78, 5) is 11.0. The number of hydrogen-bond donors (Lipinski definition) is 3. The second kappa shape index (κ2) is 10.2. The Bertz CT molecular complexity index is 1370. The Hall–Kier alpha value is -3.75. The van der Waals surface area contributed by atoms with Crippen LogP contribution in [0.3, 0.4) is 0 Å². The highest BCUT2D eigenvalue weighted by Crippen LogP contribution is 2.40. The topological polar surface area (TPSA) is 97.7 Å². The number of hydrogen-bond acceptors (Lipinski definition) is 7. The van der Waals surface area contributed by atoms with Gasteiger partial charge in [-0.05, 0) is 41.5 Å². The lowest BCUT2D eigenvalue weighted by Gasteiger charge is -2.19. The van der Waals surface area contributed by atoms with E-state index in [1.54, 1.807) is 0 Å². The first-order valence-electron chi connectivity index (χ1n) is 11.4. The second-order valence-electron chi connectivity index (χ2n) is 8.17. The monoisotopic (exact) mass is 492 g/mol. The summed E-state index contributed by atoms with van der Waals surface area (Å²) in [6.07, 6.45) is 0. The maximum Gasteiger partial charge on any atom is 0.216 e. The Balaban J connectivity index is 1.35. The molecule has 0 saturated carbocycles. The first kappa shape index (κ1) is 23.0. The zero-order valence-corrected chi connectivity index (χ0v) is 19.9. The maximum absolute atomic E-state index is 11.0. The molecule has 1 amide bonds. The number of nitrogens with one attached hydrogen (secondary N) is 3. The van der Waals surface area contributed by atoms with Gasteiger partial charge in [-0.1, -0.05) is 41.0 Å². The van der Waals surface area contributed by atoms with E-state index < -0.39 is 0 Å². The van der Waals surface area contributed by atoms with E-state index in [9.17, 15) is 4.79 Å². The Morgan fingerprint density at radius 1 is 1.03 bits per heavy atom. The molecule has 0 bridgehead atoms. The minimum absolute atomic E-state index is 0.0369. The molecule has 0 unspecified atom stereocenters. The molecule has 4 aromatic rings. The molecular formula is C26H25ClN4O4. The van der Waals surface area contributed by atoms with Crippen molar-refractivity contribution in [1.29, 1.82) is 0 Å². The van der Waals surface area contributed by atoms with E-state index in [4.69, 9.17) is 25.6 Å². The molecule has 1 aliphatic heterocycles. The standard InChI is InChI=1S/C26H25ClN4O4/c1-16(32)29-10-9-28-15-17-5-7-22-20(13-17)26(31-35-22)30-21-4-2-3-19(25(21)27)18-6-8-23-24(14-18)34-12-11-33-23/h2-8,13-14,28H,9-12,15H2,1H3,(H,29,32)(H,30,31). The van der Waals surface area contributed by atoms with Crippen molar-refractivity contribution < 1.29 is 18.8 Å². The lowest BCUT2D eigenvalue weighted by Crippen LogP contribution is -2.29. The number of rotatable bonds is 8. The molecule has 0 saturated heterocycles. The minimum Gasteiger partial charge on any atom is -0.486 e. The van der Waals surface area contributed by atoms with Crippen LogP contribution in [0.1, 0.15) is 12.5 Å². The van der Waals surface area contributed by atoms with Crippen molar-refractivity contribution in [3.8, 4) is 22.6 Å². The summed E-state index contributed by atoms with van der Waals surface area (Å²) in [7, 11) is 0. The van der Waals surface area contributed by atoms with Gasteiger partial charge in [0.05, 0.1) is 16.1 Å². The Morgan fingerprint density at radius 2 is 1.89 bits per heavy atom. The molecule has 0 fully saturated rings. The zero-order chi connectivity index (χ0) is 24.2. The van der Waals surface area contributed by atoms with Crippen LogP contribution in [0.5, 0.6) is 11.5 Å². The van der Waals surface area contributed by atoms with Crippen molar-refractivity contribution in [2.24, 2.45) is 0 Å². The molecule has 35 heavy (non-hydrogen) atoms. The molecule has 0 spiro atoms. The number of benzene rings is 3. The van der Waals surface area contributed by atoms with Gasteiger partial charge in [0.15, 0.2) is 22.9 Å². The fourth-order valence-corrected chi connectivity index (χ4v) is 4.22. The van der Waals surface area contributed by atoms with E-state index >= 15 is 0 Å². The summed E-state index contributed by atoms with van der Waals surface area (Å²) in [5.74, 6) is 2.00. The van der Waals surface area contributed by atoms with Crippen molar-refractivity contribution >= 4 is 40.0 Å². The van der Waals surface area contributed by atoms with Crippen LogP contribution in [-0.4, -0.2) is 37.4 Å². The molecule has 1 aromatic heterocycles. The second-order valence-corrected chi connectivity index (χ2v) is 8.55. The van der Waals surface area contributed by atoms with E-state index in [-0.39, 0.29) is 5.91 Å². The van der Waals surface area contributed by atoms with Gasteiger partial charge < -0.3 is 29.9 Å². The number of carbonyl (C=O) groups excluding carboxylic acids is 1. The Kier molecular flexibility index (Phi) is 6.74. The molecule has 3 aromatic carbocycles. The summed E-state index contributed by atoms with van der Waals surface area (Å²) < 4.78 is 16.9. The van der Waals surface area contributed by atoms with Crippen LogP contribution in [0.25, 0.3) is 22.1 Å². The van der Waals surface area contributed by atoms with Gasteiger partial charge in [-0.25, -0.2) is 0 Å². The van der Waals surface area contributed by atoms with Crippen LogP contribution in [0, 0.1) is 0 Å². The van der Waals surface area contributed by atoms with E-state index in [1.165, 1.54) is 6.92 Å². The van der Waals surface area contributed by atoms with Crippen molar-refractivity contribution in [3.05, 3.63) is 65.2 Å². The van der Waals surface area contributed by atoms with Crippen LogP contribution in [0.2, 0.25) is 5.02 Å². The summed E-state index contributed by atoms with van der Waals surface area (Å²) in [6, 6.07) is 17.5. The lowest BCUT2D eigenvalue weighted by molar-refractivity contribution is -0.118. The number of anilines is 2. The fourth-order valence-electron chi connectivity index (χ4n) is 3.94. The SMILES string of the molecule is CC(=O)NCCNCc1ccc2onc(Nc3cccc(-c4ccc5c(c4)OCCO5)c3Cl)c2c1. The molecular weight excluding hydrogens is 468 g/mol. The average Bonchev–Trinajstić information content (AvgIpc) is 3.26. The number of fused-ring (bicyclic) bond motifs is 2. The van der Waals surface area contributed by atoms with E-state index in [0.29, 0.717) is 60.7 Å². The van der Waals surface area contributed by atoms with Gasteiger partial charge in [0.1, 0.15) is 13.2 Å². The van der Waals surface area contributed by atoms with Crippen molar-refractivity contribution in [2.75, 3.05) is 31.6 Å². The summed E-state index contributed by atoms with van der Waals surface area (Å²) in [5, 5.41) is 15.0. The maximum atomic E-state index is 11.0. The highest BCUT2D eigenvalue weighted by atomic mass is 35.5. The van der Waals surface area contributed by atoms with Gasteiger partial charge in [-0.3, -0.25) is 4.79 Å². The third-order valence-electron chi connectivity index (χ3n) is 5.64. The van der Waals surface area contributed by atoms with Crippen molar-refractivity contribution in [1.82, 2.24) is 15.8 Å². The molecule has 3 N–H and O–H groups in total. The zero-order valence-electron chi connectivity index (χ0n) is 19.2. The van der Waals surface area contributed by atoms with Crippen molar-refractivity contribution in [2.45, 2.75) is 13.5 Å². The number of aromatic nitrogens is 1. The highest BCUT2D eigenvalue weighted by Gasteiger charge is 2.16. The van der Waals surface area contributed by atoms with Gasteiger partial charge in [-0.2, -0.15) is 0 Å². The summed E-state index contributed by atoms with van der Waals surface area (Å²) >= 11 is 6.81. The third kappa shape index (κ3) is 5.18.